The van der Waals surface area contributed by atoms with Crippen molar-refractivity contribution in [1.82, 2.24) is 15.5 Å². The van der Waals surface area contributed by atoms with Crippen LogP contribution in [0.5, 0.6) is 5.75 Å². The van der Waals surface area contributed by atoms with Crippen LogP contribution in [0.15, 0.2) is 40.9 Å². The number of carbonyl (C=O) groups is 1. The maximum absolute atomic E-state index is 10.7. The number of benzene rings is 2. The SMILES string of the molecule is CC(C)Oc1ccc(-c2nc(N3CCCc4cc(CNCCC(=O)O)ccc43)no2)c(C#N)c1. The summed E-state index contributed by atoms with van der Waals surface area (Å²) in [4.78, 5) is 17.3. The van der Waals surface area contributed by atoms with Crippen LogP contribution in [-0.4, -0.2) is 40.4 Å². The summed E-state index contributed by atoms with van der Waals surface area (Å²) in [6.07, 6.45) is 1.99. The van der Waals surface area contributed by atoms with Crippen molar-refractivity contribution in [1.29, 1.82) is 5.26 Å². The molecule has 2 N–H and O–H groups in total. The molecule has 4 rings (SSSR count). The van der Waals surface area contributed by atoms with Crippen LogP contribution in [0, 0.1) is 11.3 Å². The largest absolute Gasteiger partial charge is 0.491 e. The average molecular weight is 462 g/mol. The maximum atomic E-state index is 10.7. The highest BCUT2D eigenvalue weighted by molar-refractivity contribution is 5.68. The van der Waals surface area contributed by atoms with Gasteiger partial charge in [0.25, 0.3) is 11.8 Å². The maximum Gasteiger partial charge on any atom is 0.304 e. The van der Waals surface area contributed by atoms with Crippen LogP contribution in [-0.2, 0) is 17.8 Å². The first-order valence-electron chi connectivity index (χ1n) is 11.3. The molecular formula is C25H27N5O4. The molecule has 0 unspecified atom stereocenters. The van der Waals surface area contributed by atoms with E-state index in [1.165, 1.54) is 5.56 Å². The zero-order valence-electron chi connectivity index (χ0n) is 19.2. The molecule has 0 aliphatic carbocycles. The fraction of sp³-hybridized carbons (Fsp3) is 0.360. The summed E-state index contributed by atoms with van der Waals surface area (Å²) in [5.74, 6) is 0.548. The van der Waals surface area contributed by atoms with Crippen molar-refractivity contribution in [2.75, 3.05) is 18.0 Å². The van der Waals surface area contributed by atoms with E-state index < -0.39 is 5.97 Å². The number of ether oxygens (including phenoxy) is 1. The van der Waals surface area contributed by atoms with Gasteiger partial charge in [-0.1, -0.05) is 12.1 Å². The predicted octanol–water partition coefficient (Wildman–Crippen LogP) is 4.04. The van der Waals surface area contributed by atoms with E-state index in [4.69, 9.17) is 14.4 Å². The summed E-state index contributed by atoms with van der Waals surface area (Å²) < 4.78 is 11.2. The summed E-state index contributed by atoms with van der Waals surface area (Å²) in [5.41, 5.74) is 4.28. The number of rotatable bonds is 9. The Labute approximate surface area is 198 Å². The Balaban J connectivity index is 1.53. The normalized spacial score (nSPS) is 12.9. The summed E-state index contributed by atoms with van der Waals surface area (Å²) in [6, 6.07) is 13.6. The van der Waals surface area contributed by atoms with Gasteiger partial charge in [0.15, 0.2) is 0 Å². The second-order valence-electron chi connectivity index (χ2n) is 8.42. The number of nitrogens with zero attached hydrogens (tertiary/aromatic N) is 4. The van der Waals surface area contributed by atoms with Gasteiger partial charge < -0.3 is 24.6 Å². The Hall–Kier alpha value is -3.90. The van der Waals surface area contributed by atoms with Crippen molar-refractivity contribution in [3.05, 3.63) is 53.1 Å². The Morgan fingerprint density at radius 1 is 1.32 bits per heavy atom. The highest BCUT2D eigenvalue weighted by Crippen LogP contribution is 2.34. The Morgan fingerprint density at radius 2 is 2.18 bits per heavy atom. The van der Waals surface area contributed by atoms with E-state index in [2.05, 4.69) is 27.6 Å². The number of aromatic nitrogens is 2. The molecule has 1 aliphatic rings. The highest BCUT2D eigenvalue weighted by atomic mass is 16.5. The first kappa shape index (κ1) is 23.3. The Bertz CT molecular complexity index is 1210. The van der Waals surface area contributed by atoms with Crippen LogP contribution >= 0.6 is 0 Å². The van der Waals surface area contributed by atoms with Gasteiger partial charge in [0, 0.05) is 25.3 Å². The number of hydrogen-bond acceptors (Lipinski definition) is 8. The van der Waals surface area contributed by atoms with Crippen LogP contribution in [0.2, 0.25) is 0 Å². The molecule has 0 fully saturated rings. The molecule has 0 atom stereocenters. The number of fused-ring (bicyclic) bond motifs is 1. The molecule has 34 heavy (non-hydrogen) atoms. The number of aryl methyl sites for hydroxylation is 1. The quantitative estimate of drug-likeness (QED) is 0.454. The van der Waals surface area contributed by atoms with Gasteiger partial charge in [0.1, 0.15) is 11.8 Å². The van der Waals surface area contributed by atoms with Crippen LogP contribution < -0.4 is 15.0 Å². The van der Waals surface area contributed by atoms with E-state index in [-0.39, 0.29) is 18.4 Å². The monoisotopic (exact) mass is 461 g/mol. The van der Waals surface area contributed by atoms with Crippen LogP contribution in [0.4, 0.5) is 11.6 Å². The molecule has 1 aliphatic heterocycles. The van der Waals surface area contributed by atoms with Crippen LogP contribution in [0.3, 0.4) is 0 Å². The van der Waals surface area contributed by atoms with E-state index in [0.29, 0.717) is 35.9 Å². The summed E-state index contributed by atoms with van der Waals surface area (Å²) in [5, 5.41) is 25.7. The third kappa shape index (κ3) is 5.35. The molecule has 0 spiro atoms. The molecule has 1 aromatic heterocycles. The van der Waals surface area contributed by atoms with E-state index in [1.54, 1.807) is 18.2 Å². The fourth-order valence-corrected chi connectivity index (χ4v) is 3.98. The van der Waals surface area contributed by atoms with Crippen molar-refractivity contribution in [3.63, 3.8) is 0 Å². The molecule has 2 aromatic carbocycles. The van der Waals surface area contributed by atoms with Crippen LogP contribution in [0.1, 0.15) is 43.4 Å². The number of nitrogens with one attached hydrogen (secondary N) is 1. The molecule has 0 bridgehead atoms. The predicted molar refractivity (Wildman–Crippen MR) is 126 cm³/mol. The van der Waals surface area contributed by atoms with Gasteiger partial charge in [-0.15, -0.1) is 0 Å². The minimum atomic E-state index is -0.810. The Morgan fingerprint density at radius 3 is 2.94 bits per heavy atom. The summed E-state index contributed by atoms with van der Waals surface area (Å²) >= 11 is 0. The van der Waals surface area contributed by atoms with Crippen molar-refractivity contribution >= 4 is 17.6 Å². The molecule has 2 heterocycles. The smallest absolute Gasteiger partial charge is 0.304 e. The van der Waals surface area contributed by atoms with Gasteiger partial charge in [-0.3, -0.25) is 4.79 Å². The van der Waals surface area contributed by atoms with E-state index in [9.17, 15) is 10.1 Å². The van der Waals surface area contributed by atoms with Crippen molar-refractivity contribution < 1.29 is 19.2 Å². The van der Waals surface area contributed by atoms with Crippen molar-refractivity contribution in [2.45, 2.75) is 45.8 Å². The molecule has 0 saturated heterocycles. The number of anilines is 2. The minimum absolute atomic E-state index is 0.00705. The van der Waals surface area contributed by atoms with Gasteiger partial charge >= 0.3 is 5.97 Å². The lowest BCUT2D eigenvalue weighted by Crippen LogP contribution is -2.26. The van der Waals surface area contributed by atoms with Gasteiger partial charge in [-0.05, 0) is 67.2 Å². The van der Waals surface area contributed by atoms with Crippen molar-refractivity contribution in [2.24, 2.45) is 0 Å². The van der Waals surface area contributed by atoms with Gasteiger partial charge in [0.05, 0.1) is 23.7 Å². The summed E-state index contributed by atoms with van der Waals surface area (Å²) in [7, 11) is 0. The van der Waals surface area contributed by atoms with Gasteiger partial charge in [-0.25, -0.2) is 0 Å². The Kier molecular flexibility index (Phi) is 7.09. The molecule has 0 amide bonds. The number of aliphatic carboxylic acids is 1. The van der Waals surface area contributed by atoms with Crippen molar-refractivity contribution in [3.8, 4) is 23.3 Å². The molecule has 3 aromatic rings. The molecule has 9 nitrogen and oxygen atoms in total. The zero-order chi connectivity index (χ0) is 24.1. The first-order valence-corrected chi connectivity index (χ1v) is 11.3. The lowest BCUT2D eigenvalue weighted by molar-refractivity contribution is -0.136. The second kappa shape index (κ2) is 10.4. The summed E-state index contributed by atoms with van der Waals surface area (Å²) in [6.45, 7) is 5.66. The first-order chi connectivity index (χ1) is 16.4. The number of carboxylic acid groups (broad SMARTS) is 1. The lowest BCUT2D eigenvalue weighted by Gasteiger charge is -2.28. The number of carboxylic acids is 1. The molecule has 9 heteroatoms. The second-order valence-corrected chi connectivity index (χ2v) is 8.42. The third-order valence-corrected chi connectivity index (χ3v) is 5.48. The van der Waals surface area contributed by atoms with E-state index in [1.807, 2.05) is 30.9 Å². The van der Waals surface area contributed by atoms with Gasteiger partial charge in [-0.2, -0.15) is 10.2 Å². The third-order valence-electron chi connectivity index (χ3n) is 5.48. The number of hydrogen-bond donors (Lipinski definition) is 2. The van der Waals surface area contributed by atoms with E-state index >= 15 is 0 Å². The lowest BCUT2D eigenvalue weighted by atomic mass is 9.99. The highest BCUT2D eigenvalue weighted by Gasteiger charge is 2.24. The minimum Gasteiger partial charge on any atom is -0.491 e. The standard InChI is InChI=1S/C25H27N5O4/c1-16(2)33-20-6-7-21(19(13-20)14-26)24-28-25(29-34-24)30-11-3-4-18-12-17(5-8-22(18)30)15-27-10-9-23(31)32/h5-8,12-13,16,27H,3-4,9-11,15H2,1-2H3,(H,31,32). The zero-order valence-corrected chi connectivity index (χ0v) is 19.2. The molecule has 0 radical (unpaired) electrons. The fourth-order valence-electron chi connectivity index (χ4n) is 3.98. The molecule has 176 valence electrons. The van der Waals surface area contributed by atoms with Crippen LogP contribution in [0.25, 0.3) is 11.5 Å². The number of nitriles is 1. The molecule has 0 saturated carbocycles. The molecular weight excluding hydrogens is 434 g/mol. The topological polar surface area (TPSA) is 125 Å². The van der Waals surface area contributed by atoms with E-state index in [0.717, 1.165) is 30.6 Å². The van der Waals surface area contributed by atoms with Gasteiger partial charge in [0.2, 0.25) is 0 Å². The average Bonchev–Trinajstić information content (AvgIpc) is 3.30.